The first-order valence-corrected chi connectivity index (χ1v) is 7.15. The van der Waals surface area contributed by atoms with Crippen LogP contribution in [-0.4, -0.2) is 45.5 Å². The lowest BCUT2D eigenvalue weighted by molar-refractivity contribution is 0.113. The van der Waals surface area contributed by atoms with Gasteiger partial charge in [-0.05, 0) is 33.1 Å². The lowest BCUT2D eigenvalue weighted by Crippen LogP contribution is -2.45. The molecule has 1 aliphatic carbocycles. The van der Waals surface area contributed by atoms with Gasteiger partial charge in [-0.2, -0.15) is 17.0 Å². The topological polar surface area (TPSA) is 76.3 Å². The van der Waals surface area contributed by atoms with E-state index in [-0.39, 0.29) is 6.61 Å². The molecule has 1 saturated carbocycles. The van der Waals surface area contributed by atoms with Crippen molar-refractivity contribution in [2.24, 2.45) is 0 Å². The first-order chi connectivity index (χ1) is 8.01. The molecule has 17 heavy (non-hydrogen) atoms. The summed E-state index contributed by atoms with van der Waals surface area (Å²) >= 11 is 1.66. The number of hydrogen-bond acceptors (Lipinski definition) is 5. The Bertz CT molecular complexity index is 280. The highest BCUT2D eigenvalue weighted by molar-refractivity contribution is 7.99. The predicted molar refractivity (Wildman–Crippen MR) is 69.8 cm³/mol. The Morgan fingerprint density at radius 2 is 2.29 bits per heavy atom. The van der Waals surface area contributed by atoms with E-state index in [0.717, 1.165) is 19.3 Å². The maximum atomic E-state index is 9.30. The van der Waals surface area contributed by atoms with E-state index in [1.165, 1.54) is 0 Å². The molecule has 0 aromatic heterocycles. The number of hydrogen-bond donors (Lipinski definition) is 3. The number of nitrogens with one attached hydrogen (secondary N) is 1. The molecule has 5 heteroatoms. The number of rotatable bonds is 6. The number of nitrogens with zero attached hydrogens (tertiary/aromatic N) is 1. The second-order valence-corrected chi connectivity index (χ2v) is 6.36. The SMILES string of the molecule is CC(C)NC1(C#N)CCC(SCC(O)CO)C1. The van der Waals surface area contributed by atoms with E-state index < -0.39 is 11.6 Å². The van der Waals surface area contributed by atoms with E-state index in [1.54, 1.807) is 11.8 Å². The van der Waals surface area contributed by atoms with Gasteiger partial charge in [0.2, 0.25) is 0 Å². The minimum absolute atomic E-state index is 0.187. The molecule has 0 saturated heterocycles. The van der Waals surface area contributed by atoms with Crippen LogP contribution in [-0.2, 0) is 0 Å². The fourth-order valence-electron chi connectivity index (χ4n) is 2.26. The minimum Gasteiger partial charge on any atom is -0.394 e. The summed E-state index contributed by atoms with van der Waals surface area (Å²) in [4.78, 5) is 0. The summed E-state index contributed by atoms with van der Waals surface area (Å²) in [5.41, 5.74) is -0.393. The zero-order valence-electron chi connectivity index (χ0n) is 10.5. The molecule has 0 aliphatic heterocycles. The van der Waals surface area contributed by atoms with Crippen LogP contribution in [0.15, 0.2) is 0 Å². The molecule has 0 aromatic rings. The fraction of sp³-hybridized carbons (Fsp3) is 0.917. The van der Waals surface area contributed by atoms with Crippen molar-refractivity contribution in [3.63, 3.8) is 0 Å². The van der Waals surface area contributed by atoms with Crippen LogP contribution in [0.1, 0.15) is 33.1 Å². The summed E-state index contributed by atoms with van der Waals surface area (Å²) in [6.45, 7) is 3.91. The Hall–Kier alpha value is -0.280. The second kappa shape index (κ2) is 6.60. The van der Waals surface area contributed by atoms with Crippen LogP contribution in [0.4, 0.5) is 0 Å². The van der Waals surface area contributed by atoms with Crippen LogP contribution in [0.5, 0.6) is 0 Å². The molecule has 98 valence electrons. The number of nitriles is 1. The molecule has 0 radical (unpaired) electrons. The van der Waals surface area contributed by atoms with Gasteiger partial charge in [0, 0.05) is 17.0 Å². The van der Waals surface area contributed by atoms with Gasteiger partial charge in [0.05, 0.1) is 18.8 Å². The molecule has 0 aromatic carbocycles. The van der Waals surface area contributed by atoms with Crippen LogP contribution in [0.2, 0.25) is 0 Å². The smallest absolute Gasteiger partial charge is 0.108 e. The van der Waals surface area contributed by atoms with Gasteiger partial charge in [-0.1, -0.05) is 0 Å². The van der Waals surface area contributed by atoms with Crippen molar-refractivity contribution < 1.29 is 10.2 Å². The van der Waals surface area contributed by atoms with Gasteiger partial charge in [-0.25, -0.2) is 0 Å². The molecule has 1 fully saturated rings. The third-order valence-electron chi connectivity index (χ3n) is 2.98. The molecular weight excluding hydrogens is 236 g/mol. The molecule has 4 nitrogen and oxygen atoms in total. The third kappa shape index (κ3) is 4.47. The van der Waals surface area contributed by atoms with Gasteiger partial charge in [0.15, 0.2) is 0 Å². The summed E-state index contributed by atoms with van der Waals surface area (Å²) in [7, 11) is 0. The van der Waals surface area contributed by atoms with Gasteiger partial charge >= 0.3 is 0 Å². The average molecular weight is 258 g/mol. The summed E-state index contributed by atoms with van der Waals surface area (Å²) in [6.07, 6.45) is 2.05. The zero-order valence-corrected chi connectivity index (χ0v) is 11.3. The average Bonchev–Trinajstić information content (AvgIpc) is 2.69. The van der Waals surface area contributed by atoms with Crippen molar-refractivity contribution in [2.75, 3.05) is 12.4 Å². The summed E-state index contributed by atoms with van der Waals surface area (Å²) in [6, 6.07) is 2.71. The van der Waals surface area contributed by atoms with Crippen LogP contribution < -0.4 is 5.32 Å². The van der Waals surface area contributed by atoms with E-state index in [1.807, 2.05) is 0 Å². The first-order valence-electron chi connectivity index (χ1n) is 6.11. The molecule has 0 bridgehead atoms. The zero-order chi connectivity index (χ0) is 12.9. The summed E-state index contributed by atoms with van der Waals surface area (Å²) < 4.78 is 0. The molecule has 3 atom stereocenters. The molecular formula is C12H22N2O2S. The Kier molecular flexibility index (Phi) is 5.74. The lowest BCUT2D eigenvalue weighted by atomic mass is 9.99. The largest absolute Gasteiger partial charge is 0.394 e. The number of aliphatic hydroxyl groups excluding tert-OH is 2. The van der Waals surface area contributed by atoms with Crippen LogP contribution in [0, 0.1) is 11.3 Å². The van der Waals surface area contributed by atoms with Gasteiger partial charge < -0.3 is 10.2 Å². The van der Waals surface area contributed by atoms with Crippen molar-refractivity contribution in [1.29, 1.82) is 5.26 Å². The summed E-state index contributed by atoms with van der Waals surface area (Å²) in [5.74, 6) is 0.546. The Morgan fingerprint density at radius 3 is 2.82 bits per heavy atom. The van der Waals surface area contributed by atoms with Gasteiger partial charge in [-0.3, -0.25) is 5.32 Å². The van der Waals surface area contributed by atoms with Crippen molar-refractivity contribution >= 4 is 11.8 Å². The lowest BCUT2D eigenvalue weighted by Gasteiger charge is -2.25. The van der Waals surface area contributed by atoms with E-state index >= 15 is 0 Å². The third-order valence-corrected chi connectivity index (χ3v) is 4.43. The normalized spacial score (nSPS) is 30.5. The van der Waals surface area contributed by atoms with Gasteiger partial charge in [-0.15, -0.1) is 0 Å². The van der Waals surface area contributed by atoms with E-state index in [0.29, 0.717) is 17.0 Å². The molecule has 0 spiro atoms. The highest BCUT2D eigenvalue weighted by atomic mass is 32.2. The quantitative estimate of drug-likeness (QED) is 0.659. The molecule has 1 rings (SSSR count). The van der Waals surface area contributed by atoms with Crippen LogP contribution in [0.3, 0.4) is 0 Å². The predicted octanol–water partition coefficient (Wildman–Crippen LogP) is 0.886. The van der Waals surface area contributed by atoms with Crippen molar-refractivity contribution in [2.45, 2.75) is 56.0 Å². The molecule has 3 N–H and O–H groups in total. The maximum absolute atomic E-state index is 9.30. The Balaban J connectivity index is 2.42. The monoisotopic (exact) mass is 258 g/mol. The van der Waals surface area contributed by atoms with Gasteiger partial charge in [0.1, 0.15) is 5.54 Å². The number of aliphatic hydroxyl groups is 2. The van der Waals surface area contributed by atoms with Crippen molar-refractivity contribution in [1.82, 2.24) is 5.32 Å². The standard InChI is InChI=1S/C12H22N2O2S/c1-9(2)14-12(8-13)4-3-11(5-12)17-7-10(16)6-15/h9-11,14-16H,3-7H2,1-2H3. The molecule has 0 amide bonds. The van der Waals surface area contributed by atoms with Crippen molar-refractivity contribution in [3.8, 4) is 6.07 Å². The Morgan fingerprint density at radius 1 is 1.59 bits per heavy atom. The van der Waals surface area contributed by atoms with E-state index in [4.69, 9.17) is 5.11 Å². The maximum Gasteiger partial charge on any atom is 0.108 e. The summed E-state index contributed by atoms with van der Waals surface area (Å²) in [5, 5.41) is 31.1. The van der Waals surface area contributed by atoms with Crippen LogP contribution in [0.25, 0.3) is 0 Å². The Labute approximate surface area is 107 Å². The minimum atomic E-state index is -0.643. The molecule has 1 aliphatic rings. The fourth-order valence-corrected chi connectivity index (χ4v) is 3.55. The van der Waals surface area contributed by atoms with E-state index in [2.05, 4.69) is 25.2 Å². The highest BCUT2D eigenvalue weighted by Gasteiger charge is 2.39. The molecule has 0 heterocycles. The van der Waals surface area contributed by atoms with E-state index in [9.17, 15) is 10.4 Å². The highest BCUT2D eigenvalue weighted by Crippen LogP contribution is 2.37. The second-order valence-electron chi connectivity index (χ2n) is 5.03. The van der Waals surface area contributed by atoms with Crippen LogP contribution >= 0.6 is 11.8 Å². The number of thioether (sulfide) groups is 1. The van der Waals surface area contributed by atoms with Gasteiger partial charge in [0.25, 0.3) is 0 Å². The van der Waals surface area contributed by atoms with Crippen molar-refractivity contribution in [3.05, 3.63) is 0 Å². The first kappa shape index (κ1) is 14.8. The molecule has 3 unspecified atom stereocenters.